The molecule has 0 aromatic carbocycles. The van der Waals surface area contributed by atoms with Crippen molar-refractivity contribution < 1.29 is 8.42 Å². The zero-order chi connectivity index (χ0) is 13.9. The van der Waals surface area contributed by atoms with E-state index in [1.54, 1.807) is 8.61 Å². The normalized spacial score (nSPS) is 25.8. The first-order valence-corrected chi connectivity index (χ1v) is 8.60. The zero-order valence-corrected chi connectivity index (χ0v) is 12.9. The van der Waals surface area contributed by atoms with Gasteiger partial charge in [0.1, 0.15) is 0 Å². The van der Waals surface area contributed by atoms with Gasteiger partial charge in [-0.1, -0.05) is 6.92 Å². The van der Waals surface area contributed by atoms with Crippen LogP contribution in [0.1, 0.15) is 13.3 Å². The summed E-state index contributed by atoms with van der Waals surface area (Å²) in [5.74, 6) is 0. The second-order valence-corrected chi connectivity index (χ2v) is 7.38. The summed E-state index contributed by atoms with van der Waals surface area (Å²) in [6, 6.07) is 0. The fraction of sp³-hybridized carbons (Fsp3) is 1.00. The molecule has 0 aliphatic carbocycles. The highest BCUT2D eigenvalue weighted by Gasteiger charge is 2.33. The third-order valence-corrected chi connectivity index (χ3v) is 6.02. The van der Waals surface area contributed by atoms with Crippen molar-refractivity contribution in [3.05, 3.63) is 0 Å². The predicted molar refractivity (Wildman–Crippen MR) is 76.3 cm³/mol. The highest BCUT2D eigenvalue weighted by molar-refractivity contribution is 7.86. The summed E-state index contributed by atoms with van der Waals surface area (Å²) >= 11 is 0. The molecule has 2 fully saturated rings. The lowest BCUT2D eigenvalue weighted by Crippen LogP contribution is -2.56. The van der Waals surface area contributed by atoms with Gasteiger partial charge in [0.15, 0.2) is 0 Å². The molecule has 2 heterocycles. The number of piperazine rings is 2. The average molecular weight is 290 g/mol. The van der Waals surface area contributed by atoms with E-state index in [1.807, 2.05) is 7.05 Å². The van der Waals surface area contributed by atoms with Gasteiger partial charge in [0, 0.05) is 52.4 Å². The number of hydrogen-bond acceptors (Lipinski definition) is 4. The van der Waals surface area contributed by atoms with Crippen molar-refractivity contribution in [2.45, 2.75) is 13.3 Å². The average Bonchev–Trinajstić information content (AvgIpc) is 2.40. The largest absolute Gasteiger partial charge is 0.304 e. The van der Waals surface area contributed by atoms with E-state index in [4.69, 9.17) is 0 Å². The minimum atomic E-state index is -3.23. The van der Waals surface area contributed by atoms with Crippen LogP contribution < -0.4 is 0 Å². The van der Waals surface area contributed by atoms with Crippen molar-refractivity contribution >= 4 is 10.2 Å². The van der Waals surface area contributed by atoms with Crippen molar-refractivity contribution in [3.63, 3.8) is 0 Å². The van der Waals surface area contributed by atoms with Crippen molar-refractivity contribution in [2.24, 2.45) is 0 Å². The van der Waals surface area contributed by atoms with E-state index < -0.39 is 10.2 Å². The van der Waals surface area contributed by atoms with Gasteiger partial charge in [-0.3, -0.25) is 0 Å². The van der Waals surface area contributed by atoms with Crippen molar-refractivity contribution in [3.8, 4) is 0 Å². The second-order valence-electron chi connectivity index (χ2n) is 5.45. The molecule has 19 heavy (non-hydrogen) atoms. The van der Waals surface area contributed by atoms with Crippen LogP contribution >= 0.6 is 0 Å². The summed E-state index contributed by atoms with van der Waals surface area (Å²) in [4.78, 5) is 4.52. The van der Waals surface area contributed by atoms with Crippen LogP contribution in [0, 0.1) is 0 Å². The molecule has 0 aromatic heterocycles. The van der Waals surface area contributed by atoms with Crippen LogP contribution in [0.5, 0.6) is 0 Å². The van der Waals surface area contributed by atoms with Gasteiger partial charge in [0.05, 0.1) is 0 Å². The Morgan fingerprint density at radius 3 is 1.79 bits per heavy atom. The van der Waals surface area contributed by atoms with Crippen LogP contribution in [0.25, 0.3) is 0 Å². The third kappa shape index (κ3) is 3.66. The lowest BCUT2D eigenvalue weighted by Gasteiger charge is -2.39. The molecule has 112 valence electrons. The molecule has 2 aliphatic rings. The Balaban J connectivity index is 1.90. The van der Waals surface area contributed by atoms with Crippen molar-refractivity contribution in [1.82, 2.24) is 18.4 Å². The van der Waals surface area contributed by atoms with Crippen LogP contribution in [0.2, 0.25) is 0 Å². The molecule has 0 radical (unpaired) electrons. The summed E-state index contributed by atoms with van der Waals surface area (Å²) < 4.78 is 28.4. The molecule has 0 saturated carbocycles. The lowest BCUT2D eigenvalue weighted by molar-refractivity contribution is 0.170. The molecule has 0 unspecified atom stereocenters. The first-order chi connectivity index (χ1) is 9.04. The number of nitrogens with zero attached hydrogens (tertiary/aromatic N) is 4. The van der Waals surface area contributed by atoms with Gasteiger partial charge < -0.3 is 9.80 Å². The maximum Gasteiger partial charge on any atom is 0.282 e. The lowest BCUT2D eigenvalue weighted by atomic mass is 10.3. The predicted octanol–water partition coefficient (Wildman–Crippen LogP) is -0.494. The highest BCUT2D eigenvalue weighted by atomic mass is 32.2. The van der Waals surface area contributed by atoms with Crippen LogP contribution in [-0.4, -0.2) is 92.8 Å². The maximum atomic E-state index is 12.5. The smallest absolute Gasteiger partial charge is 0.282 e. The Kier molecular flexibility index (Phi) is 5.19. The van der Waals surface area contributed by atoms with E-state index in [1.165, 1.54) is 0 Å². The van der Waals surface area contributed by atoms with Crippen molar-refractivity contribution in [2.75, 3.05) is 66.0 Å². The van der Waals surface area contributed by atoms with E-state index in [2.05, 4.69) is 16.7 Å². The SMILES string of the molecule is CCCN1CCN(S(=O)(=O)N2CCN(C)CC2)CC1. The second kappa shape index (κ2) is 6.49. The molecule has 0 aromatic rings. The Morgan fingerprint density at radius 2 is 1.32 bits per heavy atom. The van der Waals surface area contributed by atoms with E-state index in [0.29, 0.717) is 26.2 Å². The fourth-order valence-corrected chi connectivity index (χ4v) is 4.26. The minimum Gasteiger partial charge on any atom is -0.304 e. The van der Waals surface area contributed by atoms with Gasteiger partial charge in [-0.25, -0.2) is 0 Å². The minimum absolute atomic E-state index is 0.619. The van der Waals surface area contributed by atoms with Crippen molar-refractivity contribution in [1.29, 1.82) is 0 Å². The van der Waals surface area contributed by atoms with Gasteiger partial charge in [0.25, 0.3) is 10.2 Å². The molecule has 0 spiro atoms. The highest BCUT2D eigenvalue weighted by Crippen LogP contribution is 2.14. The quantitative estimate of drug-likeness (QED) is 0.701. The van der Waals surface area contributed by atoms with E-state index in [9.17, 15) is 8.42 Å². The number of rotatable bonds is 4. The molecule has 2 aliphatic heterocycles. The first kappa shape index (κ1) is 15.2. The first-order valence-electron chi connectivity index (χ1n) is 7.20. The molecular weight excluding hydrogens is 264 g/mol. The monoisotopic (exact) mass is 290 g/mol. The Labute approximate surface area is 117 Å². The summed E-state index contributed by atoms with van der Waals surface area (Å²) in [7, 11) is -1.20. The van der Waals surface area contributed by atoms with E-state index in [-0.39, 0.29) is 0 Å². The van der Waals surface area contributed by atoms with Gasteiger partial charge in [-0.2, -0.15) is 17.0 Å². The third-order valence-electron chi connectivity index (χ3n) is 3.99. The summed E-state index contributed by atoms with van der Waals surface area (Å²) in [5.41, 5.74) is 0. The standard InChI is InChI=1S/C12H26N4O2S/c1-3-4-14-7-11-16(12-8-14)19(17,18)15-9-5-13(2)6-10-15/h3-12H2,1-2H3. The number of hydrogen-bond donors (Lipinski definition) is 0. The van der Waals surface area contributed by atoms with Gasteiger partial charge in [-0.05, 0) is 20.0 Å². The summed E-state index contributed by atoms with van der Waals surface area (Å²) in [6.45, 7) is 9.12. The Hall–Kier alpha value is -0.210. The number of likely N-dealkylation sites (N-methyl/N-ethyl adjacent to an activating group) is 1. The van der Waals surface area contributed by atoms with Crippen LogP contribution in [0.3, 0.4) is 0 Å². The van der Waals surface area contributed by atoms with Gasteiger partial charge in [0.2, 0.25) is 0 Å². The molecule has 2 saturated heterocycles. The molecule has 0 amide bonds. The van der Waals surface area contributed by atoms with Crippen LogP contribution in [-0.2, 0) is 10.2 Å². The molecular formula is C12H26N4O2S. The molecule has 0 N–H and O–H groups in total. The maximum absolute atomic E-state index is 12.5. The Morgan fingerprint density at radius 1 is 0.842 bits per heavy atom. The van der Waals surface area contributed by atoms with Gasteiger partial charge >= 0.3 is 0 Å². The Bertz CT molecular complexity index is 371. The summed E-state index contributed by atoms with van der Waals surface area (Å²) in [6.07, 6.45) is 1.13. The molecule has 6 nitrogen and oxygen atoms in total. The van der Waals surface area contributed by atoms with E-state index in [0.717, 1.165) is 39.1 Å². The van der Waals surface area contributed by atoms with E-state index >= 15 is 0 Å². The fourth-order valence-electron chi connectivity index (χ4n) is 2.68. The molecule has 7 heteroatoms. The van der Waals surface area contributed by atoms with Crippen LogP contribution in [0.15, 0.2) is 0 Å². The van der Waals surface area contributed by atoms with Crippen LogP contribution in [0.4, 0.5) is 0 Å². The molecule has 0 bridgehead atoms. The van der Waals surface area contributed by atoms with Gasteiger partial charge in [-0.15, -0.1) is 0 Å². The zero-order valence-electron chi connectivity index (χ0n) is 12.1. The summed E-state index contributed by atoms with van der Waals surface area (Å²) in [5, 5.41) is 0. The topological polar surface area (TPSA) is 47.1 Å². The molecule has 2 rings (SSSR count). The molecule has 0 atom stereocenters.